The van der Waals surface area contributed by atoms with Crippen molar-refractivity contribution in [3.63, 3.8) is 0 Å². The van der Waals surface area contributed by atoms with Crippen LogP contribution in [0.3, 0.4) is 0 Å². The molecule has 23 heavy (non-hydrogen) atoms. The molecule has 0 amide bonds. The summed E-state index contributed by atoms with van der Waals surface area (Å²) in [6, 6.07) is 3.38. The lowest BCUT2D eigenvalue weighted by Gasteiger charge is -2.34. The number of hydrogen-bond donors (Lipinski definition) is 0. The second kappa shape index (κ2) is 6.64. The molecule has 126 valence electrons. The van der Waals surface area contributed by atoms with Crippen LogP contribution < -0.4 is 0 Å². The largest absolute Gasteiger partial charge is 0.458 e. The molecule has 1 aromatic rings. The Hall–Kier alpha value is -1.98. The Labute approximate surface area is 135 Å². The molecule has 0 aliphatic heterocycles. The molecule has 0 N–H and O–H groups in total. The van der Waals surface area contributed by atoms with Crippen LogP contribution in [0, 0.1) is 13.8 Å². The van der Waals surface area contributed by atoms with E-state index in [9.17, 15) is 13.6 Å². The highest BCUT2D eigenvalue weighted by atomic mass is 19.3. The van der Waals surface area contributed by atoms with Crippen molar-refractivity contribution in [2.45, 2.75) is 45.6 Å². The average molecular weight is 324 g/mol. The maximum atomic E-state index is 12.8. The van der Waals surface area contributed by atoms with Gasteiger partial charge in [-0.2, -0.15) is 0 Å². The Morgan fingerprint density at radius 2 is 2.04 bits per heavy atom. The van der Waals surface area contributed by atoms with Gasteiger partial charge in [0.05, 0.1) is 17.6 Å². The normalized spacial score (nSPS) is 17.1. The molecule has 0 bridgehead atoms. The molecule has 1 saturated carbocycles. The Morgan fingerprint density at radius 3 is 2.61 bits per heavy atom. The van der Waals surface area contributed by atoms with Gasteiger partial charge >= 0.3 is 5.97 Å². The number of benzene rings is 1. The number of hydrogen-bond acceptors (Lipinski definition) is 3. The Balaban J connectivity index is 2.10. The number of carbonyl (C=O) groups is 1. The number of halogens is 2. The van der Waals surface area contributed by atoms with Gasteiger partial charge in [0, 0.05) is 26.4 Å². The Morgan fingerprint density at radius 1 is 1.39 bits per heavy atom. The van der Waals surface area contributed by atoms with Crippen molar-refractivity contribution in [1.29, 1.82) is 0 Å². The Kier molecular flexibility index (Phi) is 5.02. The fourth-order valence-corrected chi connectivity index (χ4v) is 2.31. The van der Waals surface area contributed by atoms with Crippen molar-refractivity contribution >= 4 is 18.0 Å². The second-order valence-corrected chi connectivity index (χ2v) is 5.99. The first kappa shape index (κ1) is 17.4. The van der Waals surface area contributed by atoms with Crippen molar-refractivity contribution in [1.82, 2.24) is 4.90 Å². The molecule has 6 heteroatoms. The van der Waals surface area contributed by atoms with E-state index in [1.807, 2.05) is 32.7 Å². The molecule has 0 spiro atoms. The zero-order chi connectivity index (χ0) is 17.2. The third-order valence-electron chi connectivity index (χ3n) is 4.20. The third-order valence-corrected chi connectivity index (χ3v) is 4.20. The van der Waals surface area contributed by atoms with Gasteiger partial charge in [0.2, 0.25) is 0 Å². The number of rotatable bonds is 5. The van der Waals surface area contributed by atoms with Crippen LogP contribution in [0.15, 0.2) is 17.1 Å². The van der Waals surface area contributed by atoms with Crippen LogP contribution in [0.5, 0.6) is 0 Å². The highest BCUT2D eigenvalue weighted by molar-refractivity contribution is 5.92. The molecular weight excluding hydrogens is 302 g/mol. The molecule has 0 saturated heterocycles. The summed E-state index contributed by atoms with van der Waals surface area (Å²) in [6.45, 7) is 6.55. The molecule has 0 heterocycles. The summed E-state index contributed by atoms with van der Waals surface area (Å²) in [5.74, 6) is -3.24. The van der Waals surface area contributed by atoms with E-state index in [0.29, 0.717) is 5.56 Å². The topological polar surface area (TPSA) is 41.9 Å². The first-order chi connectivity index (χ1) is 10.7. The average Bonchev–Trinajstić information content (AvgIpc) is 2.46. The summed E-state index contributed by atoms with van der Waals surface area (Å²) < 4.78 is 30.7. The van der Waals surface area contributed by atoms with E-state index in [1.165, 1.54) is 0 Å². The molecule has 1 fully saturated rings. The van der Waals surface area contributed by atoms with Crippen molar-refractivity contribution in [3.05, 3.63) is 28.8 Å². The summed E-state index contributed by atoms with van der Waals surface area (Å²) >= 11 is 0. The first-order valence-electron chi connectivity index (χ1n) is 7.67. The second-order valence-electron chi connectivity index (χ2n) is 5.99. The van der Waals surface area contributed by atoms with Gasteiger partial charge in [-0.15, -0.1) is 0 Å². The number of alkyl halides is 2. The number of nitrogens with zero attached hydrogens (tertiary/aromatic N) is 2. The van der Waals surface area contributed by atoms with Crippen LogP contribution in [0.25, 0.3) is 0 Å². The third kappa shape index (κ3) is 4.06. The van der Waals surface area contributed by atoms with Gasteiger partial charge in [0.1, 0.15) is 6.10 Å². The molecule has 1 aliphatic rings. The molecule has 0 radical (unpaired) electrons. The highest BCUT2D eigenvalue weighted by Crippen LogP contribution is 2.39. The Bertz CT molecular complexity index is 621. The standard InChI is InChI=1S/C17H22F2N2O2/c1-5-21(4)10-20-15-7-6-14(11(2)12(15)3)16(22)23-13-8-17(18,19)9-13/h6-7,10,13H,5,8-9H2,1-4H3/b20-10+. The lowest BCUT2D eigenvalue weighted by molar-refractivity contribution is -0.146. The van der Waals surface area contributed by atoms with Crippen LogP contribution in [0.2, 0.25) is 0 Å². The van der Waals surface area contributed by atoms with Gasteiger partial charge < -0.3 is 9.64 Å². The quantitative estimate of drug-likeness (QED) is 0.469. The van der Waals surface area contributed by atoms with Gasteiger partial charge in [-0.3, -0.25) is 0 Å². The molecule has 1 aliphatic carbocycles. The van der Waals surface area contributed by atoms with E-state index in [1.54, 1.807) is 18.5 Å². The molecule has 4 nitrogen and oxygen atoms in total. The van der Waals surface area contributed by atoms with Crippen LogP contribution in [-0.4, -0.2) is 42.8 Å². The summed E-state index contributed by atoms with van der Waals surface area (Å²) in [5.41, 5.74) is 2.81. The summed E-state index contributed by atoms with van der Waals surface area (Å²) in [4.78, 5) is 18.5. The van der Waals surface area contributed by atoms with E-state index >= 15 is 0 Å². The number of carbonyl (C=O) groups excluding carboxylic acids is 1. The minimum absolute atomic E-state index is 0.386. The smallest absolute Gasteiger partial charge is 0.338 e. The van der Waals surface area contributed by atoms with E-state index < -0.39 is 18.0 Å². The van der Waals surface area contributed by atoms with Crippen molar-refractivity contribution in [3.8, 4) is 0 Å². The first-order valence-corrected chi connectivity index (χ1v) is 7.67. The van der Waals surface area contributed by atoms with Gasteiger partial charge in [-0.05, 0) is 44.0 Å². The van der Waals surface area contributed by atoms with E-state index in [-0.39, 0.29) is 12.8 Å². The highest BCUT2D eigenvalue weighted by Gasteiger charge is 2.47. The molecular formula is C17H22F2N2O2. The molecule has 0 atom stereocenters. The fourth-order valence-electron chi connectivity index (χ4n) is 2.31. The molecule has 0 unspecified atom stereocenters. The fraction of sp³-hybridized carbons (Fsp3) is 0.529. The van der Waals surface area contributed by atoms with Gasteiger partial charge in [-0.25, -0.2) is 18.6 Å². The predicted molar refractivity (Wildman–Crippen MR) is 85.8 cm³/mol. The SMILES string of the molecule is CCN(C)/C=N/c1ccc(C(=O)OC2CC(F)(F)C2)c(C)c1C. The summed E-state index contributed by atoms with van der Waals surface area (Å²) in [5, 5.41) is 0. The lowest BCUT2D eigenvalue weighted by Crippen LogP contribution is -2.42. The van der Waals surface area contributed by atoms with Gasteiger partial charge in [0.15, 0.2) is 0 Å². The maximum absolute atomic E-state index is 12.8. The lowest BCUT2D eigenvalue weighted by atomic mass is 9.91. The zero-order valence-corrected chi connectivity index (χ0v) is 13.9. The van der Waals surface area contributed by atoms with Crippen molar-refractivity contribution < 1.29 is 18.3 Å². The maximum Gasteiger partial charge on any atom is 0.338 e. The summed E-state index contributed by atoms with van der Waals surface area (Å²) in [7, 11) is 1.92. The number of aliphatic imine (C=N–C) groups is 1. The van der Waals surface area contributed by atoms with E-state index in [2.05, 4.69) is 4.99 Å². The minimum atomic E-state index is -2.69. The van der Waals surface area contributed by atoms with Gasteiger partial charge in [0.25, 0.3) is 5.92 Å². The van der Waals surface area contributed by atoms with E-state index in [4.69, 9.17) is 4.74 Å². The number of esters is 1. The van der Waals surface area contributed by atoms with Crippen LogP contribution in [0.1, 0.15) is 41.3 Å². The van der Waals surface area contributed by atoms with Crippen LogP contribution in [-0.2, 0) is 4.74 Å². The summed E-state index contributed by atoms with van der Waals surface area (Å²) in [6.07, 6.45) is 0.273. The van der Waals surface area contributed by atoms with Crippen molar-refractivity contribution in [2.24, 2.45) is 4.99 Å². The number of ether oxygens (including phenoxy) is 1. The molecule has 1 aromatic carbocycles. The minimum Gasteiger partial charge on any atom is -0.458 e. The van der Waals surface area contributed by atoms with E-state index in [0.717, 1.165) is 23.4 Å². The predicted octanol–water partition coefficient (Wildman–Crippen LogP) is 3.87. The molecule has 2 rings (SSSR count). The zero-order valence-electron chi connectivity index (χ0n) is 13.9. The molecule has 0 aromatic heterocycles. The monoisotopic (exact) mass is 324 g/mol. The van der Waals surface area contributed by atoms with Crippen molar-refractivity contribution in [2.75, 3.05) is 13.6 Å². The van der Waals surface area contributed by atoms with Crippen LogP contribution in [0.4, 0.5) is 14.5 Å². The van der Waals surface area contributed by atoms with Gasteiger partial charge in [-0.1, -0.05) is 0 Å². The van der Waals surface area contributed by atoms with Crippen LogP contribution >= 0.6 is 0 Å².